The molecular weight excluding hydrogens is 382 g/mol. The maximum absolute atomic E-state index is 12.1. The van der Waals surface area contributed by atoms with Gasteiger partial charge in [0.1, 0.15) is 23.3 Å². The lowest BCUT2D eigenvalue weighted by Gasteiger charge is -2.48. The average molecular weight is 401 g/mol. The Morgan fingerprint density at radius 1 is 1.36 bits per heavy atom. The molecule has 3 aromatic rings. The van der Waals surface area contributed by atoms with Gasteiger partial charge in [-0.25, -0.2) is 23.1 Å². The third kappa shape index (κ3) is 2.51. The van der Waals surface area contributed by atoms with E-state index in [9.17, 15) is 13.7 Å². The first-order chi connectivity index (χ1) is 13.3. The summed E-state index contributed by atoms with van der Waals surface area (Å²) in [7, 11) is -3.36. The third-order valence-corrected chi connectivity index (χ3v) is 6.87. The van der Waals surface area contributed by atoms with Crippen LogP contribution in [0.25, 0.3) is 22.3 Å². The topological polar surface area (TPSA) is 173 Å². The molecule has 0 bridgehead atoms. The van der Waals surface area contributed by atoms with Gasteiger partial charge in [-0.3, -0.25) is 0 Å². The van der Waals surface area contributed by atoms with Crippen molar-refractivity contribution in [2.24, 2.45) is 0 Å². The molecule has 0 spiro atoms. The lowest BCUT2D eigenvalue weighted by atomic mass is 9.89. The van der Waals surface area contributed by atoms with Crippen molar-refractivity contribution in [2.75, 3.05) is 30.3 Å². The van der Waals surface area contributed by atoms with Crippen LogP contribution in [0, 0.1) is 11.3 Å². The zero-order chi connectivity index (χ0) is 20.1. The Balaban J connectivity index is 1.81. The van der Waals surface area contributed by atoms with Gasteiger partial charge in [0.2, 0.25) is 10.0 Å². The maximum atomic E-state index is 12.1. The zero-order valence-electron chi connectivity index (χ0n) is 15.1. The number of nitriles is 1. The van der Waals surface area contributed by atoms with Crippen LogP contribution in [0.2, 0.25) is 0 Å². The second kappa shape index (κ2) is 6.18. The van der Waals surface area contributed by atoms with Crippen molar-refractivity contribution in [3.8, 4) is 17.3 Å². The van der Waals surface area contributed by atoms with Crippen LogP contribution >= 0.6 is 0 Å². The fourth-order valence-electron chi connectivity index (χ4n) is 3.58. The summed E-state index contributed by atoms with van der Waals surface area (Å²) in [6.07, 6.45) is 3.18. The monoisotopic (exact) mass is 401 g/mol. The lowest BCUT2D eigenvalue weighted by Crippen LogP contribution is -2.64. The van der Waals surface area contributed by atoms with Gasteiger partial charge >= 0.3 is 0 Å². The minimum Gasteiger partial charge on any atom is -0.383 e. The molecule has 5 N–H and O–H groups in total. The van der Waals surface area contributed by atoms with Crippen molar-refractivity contribution < 1.29 is 8.42 Å². The van der Waals surface area contributed by atoms with Crippen molar-refractivity contribution in [1.29, 1.82) is 5.26 Å². The van der Waals surface area contributed by atoms with Crippen LogP contribution in [0.3, 0.4) is 0 Å². The smallest absolute Gasteiger partial charge is 0.213 e. The molecule has 0 unspecified atom stereocenters. The molecule has 0 amide bonds. The van der Waals surface area contributed by atoms with Gasteiger partial charge in [-0.2, -0.15) is 14.7 Å². The van der Waals surface area contributed by atoms with Crippen LogP contribution < -0.4 is 11.5 Å². The van der Waals surface area contributed by atoms with E-state index in [1.807, 2.05) is 6.07 Å². The quantitative estimate of drug-likeness (QED) is 0.546. The van der Waals surface area contributed by atoms with Gasteiger partial charge in [-0.1, -0.05) is 0 Å². The second-order valence-electron chi connectivity index (χ2n) is 6.75. The normalized spacial score (nSPS) is 16.7. The van der Waals surface area contributed by atoms with E-state index in [0.29, 0.717) is 16.9 Å². The fourth-order valence-corrected chi connectivity index (χ4v) is 4.82. The largest absolute Gasteiger partial charge is 0.383 e. The number of nitrogens with zero attached hydrogens (tertiary/aromatic N) is 6. The molecule has 12 heteroatoms. The molecule has 11 nitrogen and oxygen atoms in total. The summed E-state index contributed by atoms with van der Waals surface area (Å²) in [6.45, 7) is 1.81. The summed E-state index contributed by atoms with van der Waals surface area (Å²) in [5, 5.41) is 14.4. The summed E-state index contributed by atoms with van der Waals surface area (Å²) in [5.74, 6) is 0.389. The van der Waals surface area contributed by atoms with Crippen LogP contribution in [0.4, 0.5) is 11.6 Å². The highest BCUT2D eigenvalue weighted by molar-refractivity contribution is 7.89. The van der Waals surface area contributed by atoms with E-state index in [2.05, 4.69) is 26.1 Å². The van der Waals surface area contributed by atoms with E-state index >= 15 is 0 Å². The van der Waals surface area contributed by atoms with Crippen molar-refractivity contribution in [2.45, 2.75) is 18.9 Å². The molecule has 3 aromatic heterocycles. The Morgan fingerprint density at radius 3 is 2.79 bits per heavy atom. The molecule has 0 aromatic carbocycles. The molecule has 0 atom stereocenters. The fraction of sp³-hybridized carbons (Fsp3) is 0.375. The van der Waals surface area contributed by atoms with E-state index in [1.54, 1.807) is 13.1 Å². The zero-order valence-corrected chi connectivity index (χ0v) is 15.9. The van der Waals surface area contributed by atoms with Crippen LogP contribution in [-0.4, -0.2) is 56.3 Å². The molecule has 1 aliphatic rings. The summed E-state index contributed by atoms with van der Waals surface area (Å²) in [6, 6.07) is 3.92. The molecule has 4 heterocycles. The van der Waals surface area contributed by atoms with Crippen molar-refractivity contribution in [3.05, 3.63) is 18.6 Å². The highest BCUT2D eigenvalue weighted by Crippen LogP contribution is 2.41. The van der Waals surface area contributed by atoms with Crippen molar-refractivity contribution in [1.82, 2.24) is 29.0 Å². The van der Waals surface area contributed by atoms with E-state index < -0.39 is 15.6 Å². The highest BCUT2D eigenvalue weighted by atomic mass is 32.2. The second-order valence-corrected chi connectivity index (χ2v) is 9.00. The summed E-state index contributed by atoms with van der Waals surface area (Å²) in [4.78, 5) is 11.5. The third-order valence-electron chi connectivity index (χ3n) is 5.10. The average Bonchev–Trinajstić information content (AvgIpc) is 3.22. The van der Waals surface area contributed by atoms with Gasteiger partial charge < -0.3 is 16.5 Å². The molecular formula is C16H19N9O2S. The minimum absolute atomic E-state index is 0.00990. The summed E-state index contributed by atoms with van der Waals surface area (Å²) >= 11 is 0. The maximum Gasteiger partial charge on any atom is 0.213 e. The first-order valence-corrected chi connectivity index (χ1v) is 10.2. The van der Waals surface area contributed by atoms with E-state index in [1.165, 1.54) is 15.3 Å². The number of hydrogen-bond acceptors (Lipinski definition) is 8. The summed E-state index contributed by atoms with van der Waals surface area (Å²) < 4.78 is 27.1. The number of aromatic nitrogens is 5. The Morgan fingerprint density at radius 2 is 2.11 bits per heavy atom. The van der Waals surface area contributed by atoms with Gasteiger partial charge in [0.25, 0.3) is 0 Å². The molecule has 28 heavy (non-hydrogen) atoms. The Bertz CT molecular complexity index is 1200. The van der Waals surface area contributed by atoms with Gasteiger partial charge in [0, 0.05) is 24.7 Å². The van der Waals surface area contributed by atoms with Gasteiger partial charge in [-0.15, -0.1) is 0 Å². The lowest BCUT2D eigenvalue weighted by molar-refractivity contribution is 0.0745. The first kappa shape index (κ1) is 18.2. The van der Waals surface area contributed by atoms with Crippen molar-refractivity contribution in [3.63, 3.8) is 0 Å². The Kier molecular flexibility index (Phi) is 4.02. The number of nitrogens with one attached hydrogen (secondary N) is 1. The van der Waals surface area contributed by atoms with Crippen molar-refractivity contribution >= 4 is 32.7 Å². The number of aromatic amines is 1. The Hall–Kier alpha value is -3.17. The van der Waals surface area contributed by atoms with Gasteiger partial charge in [-0.05, 0) is 13.0 Å². The predicted molar refractivity (Wildman–Crippen MR) is 103 cm³/mol. The SMILES string of the molecule is CCS(=O)(=O)N1CC(CC#N)(n2nc(N)c(-c3ncnc4[nH]ccc34)c2N)C1. The molecule has 1 saturated heterocycles. The number of nitrogen functional groups attached to an aromatic ring is 2. The highest BCUT2D eigenvalue weighted by Gasteiger charge is 2.51. The molecule has 146 valence electrons. The van der Waals surface area contributed by atoms with E-state index in [4.69, 9.17) is 11.5 Å². The molecule has 0 radical (unpaired) electrons. The van der Waals surface area contributed by atoms with Crippen LogP contribution in [0.1, 0.15) is 13.3 Å². The molecule has 0 saturated carbocycles. The van der Waals surface area contributed by atoms with Crippen LogP contribution in [-0.2, 0) is 15.6 Å². The molecule has 4 rings (SSSR count). The van der Waals surface area contributed by atoms with Crippen LogP contribution in [0.15, 0.2) is 18.6 Å². The molecule has 1 aliphatic heterocycles. The number of rotatable bonds is 5. The number of sulfonamides is 1. The number of nitrogens with two attached hydrogens (primary N) is 2. The van der Waals surface area contributed by atoms with Gasteiger partial charge in [0.05, 0.1) is 29.5 Å². The minimum atomic E-state index is -3.36. The number of hydrogen-bond donors (Lipinski definition) is 3. The Labute approximate surface area is 161 Å². The van der Waals surface area contributed by atoms with Gasteiger partial charge in [0.15, 0.2) is 5.82 Å². The number of anilines is 2. The first-order valence-electron chi connectivity index (χ1n) is 8.60. The molecule has 0 aliphatic carbocycles. The standard InChI is InChI=1S/C16H19N9O2S/c1-2-28(26,27)24-7-16(8-24,4-5-17)25-14(19)11(13(18)23-25)12-10-3-6-20-15(10)22-9-21-12/h3,6,9H,2,4,7-8,19H2,1H3,(H2,18,23)(H,20,21,22). The van der Waals surface area contributed by atoms with Crippen LogP contribution in [0.5, 0.6) is 0 Å². The van der Waals surface area contributed by atoms with E-state index in [-0.39, 0.29) is 36.9 Å². The summed E-state index contributed by atoms with van der Waals surface area (Å²) in [5.41, 5.74) is 13.3. The number of H-pyrrole nitrogens is 1. The molecule has 1 fully saturated rings. The number of fused-ring (bicyclic) bond motifs is 1. The predicted octanol–water partition coefficient (Wildman–Crippen LogP) is 0.260. The van der Waals surface area contributed by atoms with E-state index in [0.717, 1.165) is 5.39 Å².